The molecule has 1 aliphatic heterocycles. The van der Waals surface area contributed by atoms with Gasteiger partial charge in [0.1, 0.15) is 6.10 Å². The van der Waals surface area contributed by atoms with Gasteiger partial charge in [0.05, 0.1) is 6.61 Å². The normalized spacial score (nSPS) is 13.4. The molecule has 326 valence electrons. The van der Waals surface area contributed by atoms with Crippen molar-refractivity contribution in [2.45, 2.75) is 258 Å². The van der Waals surface area contributed by atoms with Gasteiger partial charge in [0.2, 0.25) is 0 Å². The molecular weight excluding hydrogens is 681 g/mol. The van der Waals surface area contributed by atoms with Gasteiger partial charge < -0.3 is 19.3 Å². The van der Waals surface area contributed by atoms with E-state index in [0.29, 0.717) is 19.4 Å². The maximum absolute atomic E-state index is 12.8. The molecular formula is C49H96N2O4. The highest BCUT2D eigenvalue weighted by molar-refractivity contribution is 5.69. The van der Waals surface area contributed by atoms with Crippen LogP contribution in [-0.4, -0.2) is 73.7 Å². The number of ether oxygens (including phenoxy) is 2. The van der Waals surface area contributed by atoms with Crippen LogP contribution in [0.1, 0.15) is 252 Å². The number of hydrogen-bond acceptors (Lipinski definition) is 6. The lowest BCUT2D eigenvalue weighted by atomic mass is 10.0. The third kappa shape index (κ3) is 35.7. The van der Waals surface area contributed by atoms with Crippen molar-refractivity contribution in [2.75, 3.05) is 45.9 Å². The van der Waals surface area contributed by atoms with E-state index < -0.39 is 0 Å². The minimum atomic E-state index is -0.00329. The maximum Gasteiger partial charge on any atom is 0.306 e. The van der Waals surface area contributed by atoms with Crippen molar-refractivity contribution in [3.8, 4) is 0 Å². The molecule has 0 aromatic heterocycles. The predicted molar refractivity (Wildman–Crippen MR) is 237 cm³/mol. The van der Waals surface area contributed by atoms with E-state index in [2.05, 4.69) is 30.6 Å². The fraction of sp³-hybridized carbons (Fsp3) is 0.959. The zero-order valence-corrected chi connectivity index (χ0v) is 37.5. The van der Waals surface area contributed by atoms with Gasteiger partial charge in [-0.25, -0.2) is 0 Å². The quantitative estimate of drug-likeness (QED) is 0.0454. The monoisotopic (exact) mass is 777 g/mol. The van der Waals surface area contributed by atoms with Gasteiger partial charge in [-0.1, -0.05) is 162 Å². The molecule has 0 radical (unpaired) electrons. The van der Waals surface area contributed by atoms with Crippen LogP contribution in [0.3, 0.4) is 0 Å². The summed E-state index contributed by atoms with van der Waals surface area (Å²) in [5.74, 6) is 0.0367. The largest absolute Gasteiger partial charge is 0.466 e. The third-order valence-electron chi connectivity index (χ3n) is 11.9. The molecule has 0 saturated carbocycles. The molecule has 0 atom stereocenters. The Morgan fingerprint density at radius 1 is 0.473 bits per heavy atom. The molecule has 1 saturated heterocycles. The molecule has 6 heteroatoms. The highest BCUT2D eigenvalue weighted by atomic mass is 16.5. The molecule has 0 N–H and O–H groups in total. The van der Waals surface area contributed by atoms with Crippen LogP contribution < -0.4 is 0 Å². The first-order valence-corrected chi connectivity index (χ1v) is 24.9. The highest BCUT2D eigenvalue weighted by Gasteiger charge is 2.15. The van der Waals surface area contributed by atoms with Gasteiger partial charge in [-0.15, -0.1) is 0 Å². The summed E-state index contributed by atoms with van der Waals surface area (Å²) < 4.78 is 11.6. The van der Waals surface area contributed by atoms with Crippen LogP contribution in [0.15, 0.2) is 0 Å². The Labute approximate surface area is 343 Å². The average molecular weight is 777 g/mol. The fourth-order valence-corrected chi connectivity index (χ4v) is 8.26. The lowest BCUT2D eigenvalue weighted by Crippen LogP contribution is -2.30. The van der Waals surface area contributed by atoms with E-state index in [1.807, 2.05) is 0 Å². The lowest BCUT2D eigenvalue weighted by Gasteiger charge is -2.24. The van der Waals surface area contributed by atoms with Gasteiger partial charge >= 0.3 is 11.9 Å². The number of unbranched alkanes of at least 4 members (excludes halogenated alkanes) is 24. The molecule has 0 bridgehead atoms. The summed E-state index contributed by atoms with van der Waals surface area (Å²) in [6.07, 6.45) is 43.4. The molecule has 0 aliphatic carbocycles. The number of hydrogen-bond donors (Lipinski definition) is 0. The minimum absolute atomic E-state index is 0.00329. The summed E-state index contributed by atoms with van der Waals surface area (Å²) in [6.45, 7) is 14.7. The van der Waals surface area contributed by atoms with Crippen LogP contribution in [0.2, 0.25) is 0 Å². The average Bonchev–Trinajstić information content (AvgIpc) is 3.71. The molecule has 0 aromatic carbocycles. The van der Waals surface area contributed by atoms with E-state index in [1.54, 1.807) is 0 Å². The van der Waals surface area contributed by atoms with Crippen molar-refractivity contribution in [3.63, 3.8) is 0 Å². The predicted octanol–water partition coefficient (Wildman–Crippen LogP) is 14.2. The molecule has 1 rings (SSSR count). The molecule has 6 nitrogen and oxygen atoms in total. The Morgan fingerprint density at radius 2 is 0.873 bits per heavy atom. The van der Waals surface area contributed by atoms with Crippen LogP contribution in [0, 0.1) is 0 Å². The second kappa shape index (κ2) is 41.0. The second-order valence-corrected chi connectivity index (χ2v) is 17.3. The summed E-state index contributed by atoms with van der Waals surface area (Å²) in [6, 6.07) is 0. The van der Waals surface area contributed by atoms with Gasteiger partial charge in [0, 0.05) is 12.8 Å². The summed E-state index contributed by atoms with van der Waals surface area (Å²) in [5.41, 5.74) is 0. The summed E-state index contributed by atoms with van der Waals surface area (Å²) in [5, 5.41) is 0. The van der Waals surface area contributed by atoms with Crippen LogP contribution in [0.25, 0.3) is 0 Å². The van der Waals surface area contributed by atoms with Crippen LogP contribution in [0.4, 0.5) is 0 Å². The van der Waals surface area contributed by atoms with Crippen molar-refractivity contribution in [2.24, 2.45) is 0 Å². The van der Waals surface area contributed by atoms with E-state index in [4.69, 9.17) is 9.47 Å². The summed E-state index contributed by atoms with van der Waals surface area (Å²) in [4.78, 5) is 30.4. The number of likely N-dealkylation sites (tertiary alicyclic amines) is 1. The zero-order valence-electron chi connectivity index (χ0n) is 37.5. The standard InChI is InChI=1S/C49H96N2O4/c1-4-7-10-13-16-17-18-24-34-46-54-48(52)38-29-25-31-41-50(44-35-45-51-42-32-33-43-51)40-30-23-19-22-28-39-49(53)55-47(36-26-20-14-11-8-5-2)37-27-21-15-12-9-6-3/h47H,4-46H2,1-3H3. The van der Waals surface area contributed by atoms with Crippen molar-refractivity contribution < 1.29 is 19.1 Å². The first-order valence-electron chi connectivity index (χ1n) is 24.9. The Hall–Kier alpha value is -1.14. The molecule has 0 spiro atoms. The number of carbonyl (C=O) groups excluding carboxylic acids is 2. The van der Waals surface area contributed by atoms with E-state index in [9.17, 15) is 9.59 Å². The topological polar surface area (TPSA) is 59.1 Å². The lowest BCUT2D eigenvalue weighted by molar-refractivity contribution is -0.150. The number of carbonyl (C=O) groups is 2. The first kappa shape index (κ1) is 51.9. The van der Waals surface area contributed by atoms with E-state index in [0.717, 1.165) is 57.9 Å². The van der Waals surface area contributed by atoms with E-state index >= 15 is 0 Å². The van der Waals surface area contributed by atoms with Crippen molar-refractivity contribution in [1.29, 1.82) is 0 Å². The van der Waals surface area contributed by atoms with Crippen molar-refractivity contribution in [1.82, 2.24) is 9.80 Å². The first-order chi connectivity index (χ1) is 27.1. The van der Waals surface area contributed by atoms with E-state index in [-0.39, 0.29) is 18.0 Å². The number of rotatable bonds is 43. The molecule has 1 fully saturated rings. The molecule has 55 heavy (non-hydrogen) atoms. The summed E-state index contributed by atoms with van der Waals surface area (Å²) in [7, 11) is 0. The Balaban J connectivity index is 2.24. The van der Waals surface area contributed by atoms with Crippen LogP contribution in [-0.2, 0) is 19.1 Å². The summed E-state index contributed by atoms with van der Waals surface area (Å²) >= 11 is 0. The molecule has 1 aliphatic rings. The van der Waals surface area contributed by atoms with Crippen LogP contribution >= 0.6 is 0 Å². The highest BCUT2D eigenvalue weighted by Crippen LogP contribution is 2.19. The van der Waals surface area contributed by atoms with Gasteiger partial charge in [-0.05, 0) is 116 Å². The Kier molecular flexibility index (Phi) is 38.7. The zero-order chi connectivity index (χ0) is 39.7. The van der Waals surface area contributed by atoms with Gasteiger partial charge in [0.25, 0.3) is 0 Å². The van der Waals surface area contributed by atoms with Gasteiger partial charge in [0.15, 0.2) is 0 Å². The van der Waals surface area contributed by atoms with Crippen LogP contribution in [0.5, 0.6) is 0 Å². The number of nitrogens with zero attached hydrogens (tertiary/aromatic N) is 2. The Bertz CT molecular complexity index is 801. The molecule has 0 aromatic rings. The Morgan fingerprint density at radius 3 is 1.40 bits per heavy atom. The second-order valence-electron chi connectivity index (χ2n) is 17.3. The molecule has 1 heterocycles. The SMILES string of the molecule is CCCCCCCCCCCOC(=O)CCCCCN(CCCCCCCC(=O)OC(CCCCCCCC)CCCCCCCC)CCCN1CCCC1. The third-order valence-corrected chi connectivity index (χ3v) is 11.9. The van der Waals surface area contributed by atoms with Gasteiger partial charge in [-0.3, -0.25) is 9.59 Å². The van der Waals surface area contributed by atoms with E-state index in [1.165, 1.54) is 200 Å². The fourth-order valence-electron chi connectivity index (χ4n) is 8.26. The van der Waals surface area contributed by atoms with Gasteiger partial charge in [-0.2, -0.15) is 0 Å². The number of esters is 2. The smallest absolute Gasteiger partial charge is 0.306 e. The minimum Gasteiger partial charge on any atom is -0.466 e. The van der Waals surface area contributed by atoms with Crippen molar-refractivity contribution >= 4 is 11.9 Å². The molecule has 0 unspecified atom stereocenters. The van der Waals surface area contributed by atoms with Crippen molar-refractivity contribution in [3.05, 3.63) is 0 Å². The molecule has 0 amide bonds. The maximum atomic E-state index is 12.8.